The van der Waals surface area contributed by atoms with E-state index in [4.69, 9.17) is 5.73 Å². The van der Waals surface area contributed by atoms with E-state index < -0.39 is 11.9 Å². The molecule has 98 valence electrons. The molecule has 1 aliphatic heterocycles. The van der Waals surface area contributed by atoms with Crippen molar-refractivity contribution in [1.29, 1.82) is 0 Å². The number of halogens is 1. The standard InChI is InChI=1S/C13H17FN2O2/c14-9-3-4-10(11(8-15)13(17)18)12(7-9)16-5-1-2-6-16/h3-4,7,11H,1-2,5-6,8,15H2,(H,17,18). The van der Waals surface area contributed by atoms with E-state index in [9.17, 15) is 14.3 Å². The molecule has 1 aliphatic rings. The lowest BCUT2D eigenvalue weighted by atomic mass is 9.97. The van der Waals surface area contributed by atoms with Gasteiger partial charge in [-0.25, -0.2) is 4.39 Å². The second-order valence-corrected chi connectivity index (χ2v) is 4.52. The molecule has 1 aromatic rings. The summed E-state index contributed by atoms with van der Waals surface area (Å²) >= 11 is 0. The van der Waals surface area contributed by atoms with Crippen LogP contribution in [0.4, 0.5) is 10.1 Å². The van der Waals surface area contributed by atoms with E-state index in [0.29, 0.717) is 11.3 Å². The van der Waals surface area contributed by atoms with Crippen molar-refractivity contribution in [1.82, 2.24) is 0 Å². The van der Waals surface area contributed by atoms with Crippen LogP contribution in [-0.4, -0.2) is 30.7 Å². The first-order chi connectivity index (χ1) is 8.63. The Morgan fingerprint density at radius 2 is 2.11 bits per heavy atom. The maximum absolute atomic E-state index is 13.4. The van der Waals surface area contributed by atoms with Crippen molar-refractivity contribution in [2.75, 3.05) is 24.5 Å². The van der Waals surface area contributed by atoms with Crippen molar-refractivity contribution >= 4 is 11.7 Å². The third kappa shape index (κ3) is 2.46. The molecule has 1 fully saturated rings. The number of carboxylic acids is 1. The summed E-state index contributed by atoms with van der Waals surface area (Å²) in [5.74, 6) is -2.09. The Bertz CT molecular complexity index is 445. The maximum Gasteiger partial charge on any atom is 0.312 e. The second-order valence-electron chi connectivity index (χ2n) is 4.52. The van der Waals surface area contributed by atoms with Crippen molar-refractivity contribution < 1.29 is 14.3 Å². The van der Waals surface area contributed by atoms with Gasteiger partial charge in [0.1, 0.15) is 5.82 Å². The summed E-state index contributed by atoms with van der Waals surface area (Å²) in [5, 5.41) is 9.17. The summed E-state index contributed by atoms with van der Waals surface area (Å²) in [6.45, 7) is 1.70. The zero-order chi connectivity index (χ0) is 13.1. The van der Waals surface area contributed by atoms with Crippen LogP contribution in [0.15, 0.2) is 18.2 Å². The third-order valence-electron chi connectivity index (χ3n) is 3.35. The smallest absolute Gasteiger partial charge is 0.312 e. The van der Waals surface area contributed by atoms with E-state index in [1.807, 2.05) is 4.90 Å². The molecule has 4 nitrogen and oxygen atoms in total. The van der Waals surface area contributed by atoms with Crippen molar-refractivity contribution in [3.05, 3.63) is 29.6 Å². The first kappa shape index (κ1) is 12.8. The van der Waals surface area contributed by atoms with Crippen molar-refractivity contribution in [3.8, 4) is 0 Å². The molecule has 0 aromatic heterocycles. The predicted molar refractivity (Wildman–Crippen MR) is 67.3 cm³/mol. The fourth-order valence-corrected chi connectivity index (χ4v) is 2.40. The largest absolute Gasteiger partial charge is 0.481 e. The highest BCUT2D eigenvalue weighted by molar-refractivity contribution is 5.79. The number of aliphatic carboxylic acids is 1. The minimum absolute atomic E-state index is 0.0157. The lowest BCUT2D eigenvalue weighted by Crippen LogP contribution is -2.26. The molecule has 0 bridgehead atoms. The van der Waals surface area contributed by atoms with E-state index >= 15 is 0 Å². The topological polar surface area (TPSA) is 66.6 Å². The fourth-order valence-electron chi connectivity index (χ4n) is 2.40. The van der Waals surface area contributed by atoms with Crippen molar-refractivity contribution in [2.45, 2.75) is 18.8 Å². The first-order valence-corrected chi connectivity index (χ1v) is 6.10. The lowest BCUT2D eigenvalue weighted by Gasteiger charge is -2.24. The van der Waals surface area contributed by atoms with Gasteiger partial charge in [-0.05, 0) is 30.5 Å². The summed E-state index contributed by atoms with van der Waals surface area (Å²) in [4.78, 5) is 13.2. The Labute approximate surface area is 105 Å². The zero-order valence-corrected chi connectivity index (χ0v) is 10.1. The van der Waals surface area contributed by atoms with Crippen LogP contribution in [0, 0.1) is 5.82 Å². The molecule has 0 aliphatic carbocycles. The molecule has 18 heavy (non-hydrogen) atoms. The molecule has 1 unspecified atom stereocenters. The normalized spacial score (nSPS) is 16.9. The Kier molecular flexibility index (Phi) is 3.81. The van der Waals surface area contributed by atoms with Crippen molar-refractivity contribution in [2.24, 2.45) is 5.73 Å². The SMILES string of the molecule is NCC(C(=O)O)c1ccc(F)cc1N1CCCC1. The van der Waals surface area contributed by atoms with Gasteiger partial charge in [0, 0.05) is 25.3 Å². The quantitative estimate of drug-likeness (QED) is 0.853. The number of nitrogens with two attached hydrogens (primary N) is 1. The van der Waals surface area contributed by atoms with Gasteiger partial charge < -0.3 is 15.7 Å². The molecule has 1 atom stereocenters. The summed E-state index contributed by atoms with van der Waals surface area (Å²) in [6, 6.07) is 4.24. The molecule has 5 heteroatoms. The molecule has 0 spiro atoms. The minimum Gasteiger partial charge on any atom is -0.481 e. The van der Waals surface area contributed by atoms with Gasteiger partial charge in [-0.1, -0.05) is 6.07 Å². The van der Waals surface area contributed by atoms with Gasteiger partial charge in [0.25, 0.3) is 0 Å². The number of nitrogens with zero attached hydrogens (tertiary/aromatic N) is 1. The van der Waals surface area contributed by atoms with Crippen molar-refractivity contribution in [3.63, 3.8) is 0 Å². The molecule has 2 rings (SSSR count). The summed E-state index contributed by atoms with van der Waals surface area (Å²) in [6.07, 6.45) is 2.10. The number of anilines is 1. The van der Waals surface area contributed by atoms with Crippen LogP contribution >= 0.6 is 0 Å². The van der Waals surface area contributed by atoms with E-state index in [0.717, 1.165) is 25.9 Å². The minimum atomic E-state index is -0.968. The van der Waals surface area contributed by atoms with Gasteiger partial charge in [-0.3, -0.25) is 4.79 Å². The van der Waals surface area contributed by atoms with Crippen LogP contribution < -0.4 is 10.6 Å². The zero-order valence-electron chi connectivity index (χ0n) is 10.1. The number of rotatable bonds is 4. The van der Waals surface area contributed by atoms with Crippen LogP contribution in [-0.2, 0) is 4.79 Å². The molecule has 1 saturated heterocycles. The summed E-state index contributed by atoms with van der Waals surface area (Å²) in [7, 11) is 0. The monoisotopic (exact) mass is 252 g/mol. The molecule has 1 heterocycles. The van der Waals surface area contributed by atoms with E-state index in [1.165, 1.54) is 18.2 Å². The van der Waals surface area contributed by atoms with Crippen LogP contribution in [0.2, 0.25) is 0 Å². The first-order valence-electron chi connectivity index (χ1n) is 6.10. The second kappa shape index (κ2) is 5.35. The van der Waals surface area contributed by atoms with Gasteiger partial charge in [-0.15, -0.1) is 0 Å². The molecule has 0 amide bonds. The van der Waals surface area contributed by atoms with Crippen LogP contribution in [0.25, 0.3) is 0 Å². The fraction of sp³-hybridized carbons (Fsp3) is 0.462. The molecule has 0 saturated carbocycles. The highest BCUT2D eigenvalue weighted by Crippen LogP contribution is 2.31. The predicted octanol–water partition coefficient (Wildman–Crippen LogP) is 1.55. The van der Waals surface area contributed by atoms with Crippen LogP contribution in [0.3, 0.4) is 0 Å². The number of benzene rings is 1. The molecule has 3 N–H and O–H groups in total. The summed E-state index contributed by atoms with van der Waals surface area (Å²) in [5.41, 5.74) is 6.79. The molecular weight excluding hydrogens is 235 g/mol. The number of hydrogen-bond acceptors (Lipinski definition) is 3. The molecule has 0 radical (unpaired) electrons. The highest BCUT2D eigenvalue weighted by atomic mass is 19.1. The van der Waals surface area contributed by atoms with Gasteiger partial charge in [0.15, 0.2) is 0 Å². The number of carboxylic acid groups (broad SMARTS) is 1. The number of carbonyl (C=O) groups is 1. The van der Waals surface area contributed by atoms with Crippen LogP contribution in [0.1, 0.15) is 24.3 Å². The molecular formula is C13H17FN2O2. The third-order valence-corrected chi connectivity index (χ3v) is 3.35. The Morgan fingerprint density at radius 1 is 1.44 bits per heavy atom. The lowest BCUT2D eigenvalue weighted by molar-refractivity contribution is -0.138. The average molecular weight is 252 g/mol. The van der Waals surface area contributed by atoms with Gasteiger partial charge in [0.2, 0.25) is 0 Å². The van der Waals surface area contributed by atoms with Gasteiger partial charge in [0.05, 0.1) is 5.92 Å². The Hall–Kier alpha value is -1.62. The molecule has 1 aromatic carbocycles. The van der Waals surface area contributed by atoms with E-state index in [1.54, 1.807) is 0 Å². The Balaban J connectivity index is 2.41. The average Bonchev–Trinajstić information content (AvgIpc) is 2.85. The van der Waals surface area contributed by atoms with E-state index in [2.05, 4.69) is 0 Å². The van der Waals surface area contributed by atoms with Crippen LogP contribution in [0.5, 0.6) is 0 Å². The summed E-state index contributed by atoms with van der Waals surface area (Å²) < 4.78 is 13.4. The number of hydrogen-bond donors (Lipinski definition) is 2. The highest BCUT2D eigenvalue weighted by Gasteiger charge is 2.25. The maximum atomic E-state index is 13.4. The Morgan fingerprint density at radius 3 is 2.67 bits per heavy atom. The van der Waals surface area contributed by atoms with Gasteiger partial charge >= 0.3 is 5.97 Å². The van der Waals surface area contributed by atoms with Gasteiger partial charge in [-0.2, -0.15) is 0 Å². The van der Waals surface area contributed by atoms with E-state index in [-0.39, 0.29) is 12.4 Å².